The number of ether oxygens (including phenoxy) is 1. The van der Waals surface area contributed by atoms with Gasteiger partial charge in [-0.25, -0.2) is 4.79 Å². The highest BCUT2D eigenvalue weighted by Crippen LogP contribution is 2.48. The van der Waals surface area contributed by atoms with E-state index in [1.54, 1.807) is 0 Å². The largest absolute Gasteiger partial charge is 0.444 e. The quantitative estimate of drug-likeness (QED) is 0.841. The van der Waals surface area contributed by atoms with Gasteiger partial charge in [0.2, 0.25) is 0 Å². The minimum Gasteiger partial charge on any atom is -0.444 e. The monoisotopic (exact) mass is 254 g/mol. The van der Waals surface area contributed by atoms with Crippen molar-refractivity contribution in [3.8, 4) is 0 Å². The maximum absolute atomic E-state index is 11.8. The van der Waals surface area contributed by atoms with E-state index in [9.17, 15) is 4.79 Å². The summed E-state index contributed by atoms with van der Waals surface area (Å²) in [5.41, 5.74) is 0.0208. The van der Waals surface area contributed by atoms with Crippen LogP contribution in [-0.4, -0.2) is 42.3 Å². The van der Waals surface area contributed by atoms with Crippen LogP contribution in [0.4, 0.5) is 4.79 Å². The molecule has 0 bridgehead atoms. The van der Waals surface area contributed by atoms with Crippen LogP contribution in [0.2, 0.25) is 0 Å². The number of hydrogen-bond donors (Lipinski definition) is 1. The van der Waals surface area contributed by atoms with Crippen LogP contribution in [0.3, 0.4) is 0 Å². The van der Waals surface area contributed by atoms with Gasteiger partial charge in [-0.3, -0.25) is 0 Å². The molecular weight excluding hydrogens is 228 g/mol. The van der Waals surface area contributed by atoms with Gasteiger partial charge in [0.15, 0.2) is 0 Å². The average Bonchev–Trinajstić information content (AvgIpc) is 2.09. The fraction of sp³-hybridized carbons (Fsp3) is 0.929. The summed E-state index contributed by atoms with van der Waals surface area (Å²) < 4.78 is 5.37. The summed E-state index contributed by atoms with van der Waals surface area (Å²) in [5, 5.41) is 3.54. The predicted molar refractivity (Wildman–Crippen MR) is 71.6 cm³/mol. The lowest BCUT2D eigenvalue weighted by atomic mass is 9.61. The molecule has 1 saturated carbocycles. The van der Waals surface area contributed by atoms with Gasteiger partial charge < -0.3 is 15.0 Å². The van der Waals surface area contributed by atoms with E-state index < -0.39 is 0 Å². The van der Waals surface area contributed by atoms with Gasteiger partial charge in [0.05, 0.1) is 0 Å². The van der Waals surface area contributed by atoms with Crippen LogP contribution in [0.1, 0.15) is 47.0 Å². The first-order chi connectivity index (χ1) is 8.34. The number of hydrogen-bond acceptors (Lipinski definition) is 3. The first-order valence-electron chi connectivity index (χ1n) is 7.05. The maximum atomic E-state index is 11.8. The number of amides is 1. The fourth-order valence-electron chi connectivity index (χ4n) is 2.96. The molecule has 1 spiro atoms. The average molecular weight is 254 g/mol. The van der Waals surface area contributed by atoms with Crippen LogP contribution in [-0.2, 0) is 4.74 Å². The third kappa shape index (κ3) is 2.97. The van der Waals surface area contributed by atoms with Crippen LogP contribution in [0, 0.1) is 5.41 Å². The van der Waals surface area contributed by atoms with Crippen LogP contribution in [0.15, 0.2) is 0 Å². The minimum atomic E-state index is -0.384. The Balaban J connectivity index is 1.67. The van der Waals surface area contributed by atoms with Gasteiger partial charge in [0.25, 0.3) is 0 Å². The Bertz CT molecular complexity index is 308. The molecule has 0 aromatic heterocycles. The van der Waals surface area contributed by atoms with Crippen LogP contribution < -0.4 is 5.32 Å². The van der Waals surface area contributed by atoms with E-state index in [2.05, 4.69) is 12.2 Å². The van der Waals surface area contributed by atoms with Gasteiger partial charge in [-0.05, 0) is 46.6 Å². The normalized spacial score (nSPS) is 22.6. The van der Waals surface area contributed by atoms with Crippen molar-refractivity contribution in [2.45, 2.75) is 58.6 Å². The van der Waals surface area contributed by atoms with Crippen molar-refractivity contribution in [3.63, 3.8) is 0 Å². The van der Waals surface area contributed by atoms with Crippen LogP contribution >= 0.6 is 0 Å². The molecule has 0 aromatic rings. The first kappa shape index (κ1) is 13.7. The molecule has 0 atom stereocenters. The van der Waals surface area contributed by atoms with Gasteiger partial charge in [-0.2, -0.15) is 0 Å². The summed E-state index contributed by atoms with van der Waals surface area (Å²) in [6.07, 6.45) is 3.46. The molecule has 0 radical (unpaired) electrons. The lowest BCUT2D eigenvalue weighted by Gasteiger charge is -2.58. The molecule has 2 aliphatic rings. The molecule has 0 unspecified atom stereocenters. The molecule has 1 heterocycles. The Morgan fingerprint density at radius 2 is 2.00 bits per heavy atom. The topological polar surface area (TPSA) is 41.6 Å². The minimum absolute atomic E-state index is 0.155. The van der Waals surface area contributed by atoms with E-state index >= 15 is 0 Å². The third-order valence-electron chi connectivity index (χ3n) is 3.75. The van der Waals surface area contributed by atoms with Gasteiger partial charge in [0.1, 0.15) is 5.60 Å². The lowest BCUT2D eigenvalue weighted by molar-refractivity contribution is -0.0826. The molecule has 104 valence electrons. The molecule has 18 heavy (non-hydrogen) atoms. The first-order valence-corrected chi connectivity index (χ1v) is 7.05. The Morgan fingerprint density at radius 3 is 2.50 bits per heavy atom. The zero-order valence-corrected chi connectivity index (χ0v) is 12.1. The molecule has 4 heteroatoms. The molecule has 4 nitrogen and oxygen atoms in total. The number of nitrogens with zero attached hydrogens (tertiary/aromatic N) is 1. The van der Waals surface area contributed by atoms with Gasteiger partial charge >= 0.3 is 6.09 Å². The van der Waals surface area contributed by atoms with Crippen LogP contribution in [0.5, 0.6) is 0 Å². The van der Waals surface area contributed by atoms with E-state index in [1.165, 1.54) is 19.3 Å². The van der Waals surface area contributed by atoms with Gasteiger partial charge in [0, 0.05) is 24.5 Å². The van der Waals surface area contributed by atoms with Crippen molar-refractivity contribution in [1.82, 2.24) is 10.2 Å². The summed E-state index contributed by atoms with van der Waals surface area (Å²) in [4.78, 5) is 13.6. The number of likely N-dealkylation sites (tertiary alicyclic amines) is 1. The van der Waals surface area contributed by atoms with Crippen molar-refractivity contribution in [2.24, 2.45) is 5.41 Å². The number of rotatable bonds is 3. The smallest absolute Gasteiger partial charge is 0.410 e. The maximum Gasteiger partial charge on any atom is 0.410 e. The molecule has 2 rings (SSSR count). The molecule has 1 N–H and O–H groups in total. The standard InChI is InChI=1S/C14H26N2O2/c1-5-6-15-11-7-14(8-11)9-16(10-14)12(17)18-13(2,3)4/h11,15H,5-10H2,1-4H3. The number of carbonyl (C=O) groups excluding carboxylic acids is 1. The lowest BCUT2D eigenvalue weighted by Crippen LogP contribution is -2.67. The van der Waals surface area contributed by atoms with E-state index in [1.807, 2.05) is 25.7 Å². The van der Waals surface area contributed by atoms with Crippen molar-refractivity contribution in [1.29, 1.82) is 0 Å². The Labute approximate surface area is 110 Å². The molecule has 1 aliphatic heterocycles. The SMILES string of the molecule is CCCNC1CC2(C1)CN(C(=O)OC(C)(C)C)C2. The summed E-state index contributed by atoms with van der Waals surface area (Å²) in [6, 6.07) is 0.672. The van der Waals surface area contributed by atoms with E-state index in [0.717, 1.165) is 19.6 Å². The third-order valence-corrected chi connectivity index (χ3v) is 3.75. The second-order valence-corrected chi connectivity index (χ2v) is 6.90. The van der Waals surface area contributed by atoms with Crippen molar-refractivity contribution < 1.29 is 9.53 Å². The number of nitrogens with one attached hydrogen (secondary N) is 1. The molecule has 1 amide bonds. The predicted octanol–water partition coefficient (Wildman–Crippen LogP) is 2.39. The molecule has 1 saturated heterocycles. The summed E-state index contributed by atoms with van der Waals surface area (Å²) in [6.45, 7) is 10.8. The zero-order valence-electron chi connectivity index (χ0n) is 12.1. The van der Waals surface area contributed by atoms with Crippen LogP contribution in [0.25, 0.3) is 0 Å². The second-order valence-electron chi connectivity index (χ2n) is 6.90. The Hall–Kier alpha value is -0.770. The second kappa shape index (κ2) is 4.72. The highest BCUT2D eigenvalue weighted by molar-refractivity contribution is 5.69. The highest BCUT2D eigenvalue weighted by Gasteiger charge is 2.54. The Morgan fingerprint density at radius 1 is 1.39 bits per heavy atom. The summed E-state index contributed by atoms with van der Waals surface area (Å²) in [7, 11) is 0. The van der Waals surface area contributed by atoms with Gasteiger partial charge in [-0.1, -0.05) is 6.92 Å². The van der Waals surface area contributed by atoms with Crippen molar-refractivity contribution in [2.75, 3.05) is 19.6 Å². The van der Waals surface area contributed by atoms with Crippen molar-refractivity contribution >= 4 is 6.09 Å². The summed E-state index contributed by atoms with van der Waals surface area (Å²) >= 11 is 0. The van der Waals surface area contributed by atoms with E-state index in [-0.39, 0.29) is 11.7 Å². The van der Waals surface area contributed by atoms with E-state index in [4.69, 9.17) is 4.74 Å². The van der Waals surface area contributed by atoms with E-state index in [0.29, 0.717) is 11.5 Å². The van der Waals surface area contributed by atoms with Crippen molar-refractivity contribution in [3.05, 3.63) is 0 Å². The zero-order chi connectivity index (χ0) is 13.4. The van der Waals surface area contributed by atoms with Gasteiger partial charge in [-0.15, -0.1) is 0 Å². The molecule has 0 aromatic carbocycles. The molecule has 1 aliphatic carbocycles. The molecular formula is C14H26N2O2. The highest BCUT2D eigenvalue weighted by atomic mass is 16.6. The number of carbonyl (C=O) groups is 1. The molecule has 2 fully saturated rings. The fourth-order valence-corrected chi connectivity index (χ4v) is 2.96. The Kier molecular flexibility index (Phi) is 3.58. The summed E-state index contributed by atoms with van der Waals surface area (Å²) in [5.74, 6) is 0.